The molecule has 1 atom stereocenters. The van der Waals surface area contributed by atoms with Gasteiger partial charge in [-0.15, -0.1) is 0 Å². The number of allylic oxidation sites excluding steroid dienone is 2. The lowest BCUT2D eigenvalue weighted by Gasteiger charge is -2.16. The number of rotatable bonds is 4. The summed E-state index contributed by atoms with van der Waals surface area (Å²) in [6.45, 7) is 0. The molecule has 0 bridgehead atoms. The van der Waals surface area contributed by atoms with E-state index in [1.165, 1.54) is 30.3 Å². The van der Waals surface area contributed by atoms with E-state index in [2.05, 4.69) is 0 Å². The largest absolute Gasteiger partial charge is 0.508 e. The molecule has 3 rings (SSSR count). The zero-order chi connectivity index (χ0) is 18.0. The molecule has 0 aromatic heterocycles. The van der Waals surface area contributed by atoms with Crippen LogP contribution in [0.15, 0.2) is 59.5 Å². The molecule has 25 heavy (non-hydrogen) atoms. The Bertz CT molecular complexity index is 874. The molecule has 0 aliphatic carbocycles. The average Bonchev–Trinajstić information content (AvgIpc) is 2.97. The van der Waals surface area contributed by atoms with E-state index in [1.807, 2.05) is 0 Å². The third-order valence-electron chi connectivity index (χ3n) is 3.69. The fraction of sp³-hybridized carbons (Fsp3) is 0.167. The zero-order valence-corrected chi connectivity index (χ0v) is 12.9. The molecule has 0 saturated heterocycles. The minimum Gasteiger partial charge on any atom is -0.508 e. The number of carbonyl (C=O) groups is 2. The van der Waals surface area contributed by atoms with Gasteiger partial charge in [0.25, 0.3) is 5.78 Å². The lowest BCUT2D eigenvalue weighted by Crippen LogP contribution is -2.21. The Morgan fingerprint density at radius 2 is 2.08 bits per heavy atom. The van der Waals surface area contributed by atoms with Gasteiger partial charge in [0.05, 0.1) is 0 Å². The first-order valence-electron chi connectivity index (χ1n) is 7.39. The molecule has 6 nitrogen and oxygen atoms in total. The molecule has 0 spiro atoms. The summed E-state index contributed by atoms with van der Waals surface area (Å²) in [6.07, 6.45) is 1.59. The molecule has 1 aromatic carbocycles. The van der Waals surface area contributed by atoms with Gasteiger partial charge in [-0.2, -0.15) is 5.26 Å². The molecular weight excluding hydrogens is 329 g/mol. The predicted octanol–water partition coefficient (Wildman–Crippen LogP) is 2.39. The highest BCUT2D eigenvalue weighted by Gasteiger charge is 2.35. The van der Waals surface area contributed by atoms with E-state index < -0.39 is 29.2 Å². The zero-order valence-electron chi connectivity index (χ0n) is 12.9. The van der Waals surface area contributed by atoms with Crippen molar-refractivity contribution in [3.8, 4) is 6.07 Å². The molecule has 1 N–H and O–H groups in total. The van der Waals surface area contributed by atoms with Gasteiger partial charge >= 0.3 is 0 Å². The molecular formula is C18H12FNO5. The average molecular weight is 341 g/mol. The standard InChI is InChI=1S/C18H12FNO5/c19-11-3-1-10(2-4-11)7-15-14(22)8-16(25-15)17(23)18-13(21)6-5-12(9-20)24-18/h1-5,8,15,21H,6-7H2. The van der Waals surface area contributed by atoms with Crippen molar-refractivity contribution in [2.75, 3.05) is 0 Å². The Hall–Kier alpha value is -3.40. The van der Waals surface area contributed by atoms with Gasteiger partial charge in [-0.1, -0.05) is 12.1 Å². The molecule has 0 fully saturated rings. The van der Waals surface area contributed by atoms with Gasteiger partial charge in [0.1, 0.15) is 17.6 Å². The maximum absolute atomic E-state index is 12.9. The summed E-state index contributed by atoms with van der Waals surface area (Å²) < 4.78 is 23.3. The van der Waals surface area contributed by atoms with E-state index in [9.17, 15) is 19.1 Å². The van der Waals surface area contributed by atoms with Crippen LogP contribution in [0, 0.1) is 17.1 Å². The minimum atomic E-state index is -0.915. The number of carbonyl (C=O) groups excluding carboxylic acids is 2. The molecule has 2 aliphatic rings. The Kier molecular flexibility index (Phi) is 4.35. The third kappa shape index (κ3) is 3.43. The Morgan fingerprint density at radius 3 is 2.76 bits per heavy atom. The highest BCUT2D eigenvalue weighted by molar-refractivity contribution is 6.12. The number of Topliss-reactive ketones (excluding diaryl/α,β-unsaturated/α-hetero) is 1. The van der Waals surface area contributed by atoms with Crippen molar-refractivity contribution in [3.05, 3.63) is 70.8 Å². The number of ketones is 2. The monoisotopic (exact) mass is 341 g/mol. The molecule has 0 radical (unpaired) electrons. The van der Waals surface area contributed by atoms with Gasteiger partial charge in [0.15, 0.2) is 17.6 Å². The second-order valence-corrected chi connectivity index (χ2v) is 5.44. The Labute approximate surface area is 142 Å². The summed E-state index contributed by atoms with van der Waals surface area (Å²) >= 11 is 0. The lowest BCUT2D eigenvalue weighted by molar-refractivity contribution is -0.122. The van der Waals surface area contributed by atoms with Gasteiger partial charge in [-0.3, -0.25) is 9.59 Å². The lowest BCUT2D eigenvalue weighted by atomic mass is 10.1. The molecule has 2 aliphatic heterocycles. The van der Waals surface area contributed by atoms with Crippen molar-refractivity contribution in [1.29, 1.82) is 5.26 Å². The van der Waals surface area contributed by atoms with Gasteiger partial charge < -0.3 is 14.6 Å². The van der Waals surface area contributed by atoms with Crippen molar-refractivity contribution in [1.82, 2.24) is 0 Å². The van der Waals surface area contributed by atoms with Crippen LogP contribution < -0.4 is 0 Å². The van der Waals surface area contributed by atoms with E-state index in [-0.39, 0.29) is 30.1 Å². The maximum Gasteiger partial charge on any atom is 0.266 e. The Morgan fingerprint density at radius 1 is 1.36 bits per heavy atom. The van der Waals surface area contributed by atoms with Crippen molar-refractivity contribution in [3.63, 3.8) is 0 Å². The van der Waals surface area contributed by atoms with Crippen LogP contribution in [-0.2, 0) is 25.5 Å². The van der Waals surface area contributed by atoms with Crippen molar-refractivity contribution in [2.45, 2.75) is 18.9 Å². The number of hydrogen-bond acceptors (Lipinski definition) is 6. The molecule has 1 aromatic rings. The van der Waals surface area contributed by atoms with Crippen LogP contribution in [0.25, 0.3) is 0 Å². The number of nitrogens with zero attached hydrogens (tertiary/aromatic N) is 1. The van der Waals surface area contributed by atoms with Crippen molar-refractivity contribution in [2.24, 2.45) is 0 Å². The minimum absolute atomic E-state index is 0.0236. The first-order chi connectivity index (χ1) is 12.0. The highest BCUT2D eigenvalue weighted by Crippen LogP contribution is 2.27. The summed E-state index contributed by atoms with van der Waals surface area (Å²) in [6, 6.07) is 7.32. The number of aliphatic hydroxyl groups excluding tert-OH is 1. The molecule has 0 saturated carbocycles. The molecule has 126 valence electrons. The number of aliphatic hydroxyl groups is 1. The quantitative estimate of drug-likeness (QED) is 0.903. The number of nitriles is 1. The predicted molar refractivity (Wildman–Crippen MR) is 82.1 cm³/mol. The van der Waals surface area contributed by atoms with E-state index in [4.69, 9.17) is 14.7 Å². The topological polar surface area (TPSA) is 96.6 Å². The van der Waals surface area contributed by atoms with Crippen LogP contribution in [0.5, 0.6) is 0 Å². The maximum atomic E-state index is 12.9. The number of halogens is 1. The smallest absolute Gasteiger partial charge is 0.266 e. The van der Waals surface area contributed by atoms with E-state index in [0.29, 0.717) is 5.56 Å². The van der Waals surface area contributed by atoms with Gasteiger partial charge in [-0.05, 0) is 23.8 Å². The Balaban J connectivity index is 1.71. The second kappa shape index (κ2) is 6.61. The summed E-state index contributed by atoms with van der Waals surface area (Å²) in [5, 5.41) is 18.6. The van der Waals surface area contributed by atoms with Crippen LogP contribution in [0.1, 0.15) is 12.0 Å². The number of benzene rings is 1. The third-order valence-corrected chi connectivity index (χ3v) is 3.69. The SMILES string of the molecule is N#CC1=CCC(O)=C(C(=O)C2=CC(=O)C(Cc3ccc(F)cc3)O2)O1. The van der Waals surface area contributed by atoms with Crippen LogP contribution in [0.3, 0.4) is 0 Å². The van der Waals surface area contributed by atoms with Crippen LogP contribution in [0.4, 0.5) is 4.39 Å². The van der Waals surface area contributed by atoms with Gasteiger partial charge in [-0.25, -0.2) is 4.39 Å². The van der Waals surface area contributed by atoms with Gasteiger partial charge in [0.2, 0.25) is 11.5 Å². The summed E-state index contributed by atoms with van der Waals surface area (Å²) in [5.74, 6) is -2.78. The summed E-state index contributed by atoms with van der Waals surface area (Å²) in [4.78, 5) is 24.4. The second-order valence-electron chi connectivity index (χ2n) is 5.44. The van der Waals surface area contributed by atoms with Crippen LogP contribution >= 0.6 is 0 Å². The van der Waals surface area contributed by atoms with Gasteiger partial charge in [0, 0.05) is 18.9 Å². The first kappa shape index (κ1) is 16.5. The summed E-state index contributed by atoms with van der Waals surface area (Å²) in [5.41, 5.74) is 0.674. The number of hydrogen-bond donors (Lipinski definition) is 1. The van der Waals surface area contributed by atoms with E-state index in [0.717, 1.165) is 6.08 Å². The molecule has 0 amide bonds. The van der Waals surface area contributed by atoms with Crippen LogP contribution in [-0.4, -0.2) is 22.8 Å². The first-order valence-corrected chi connectivity index (χ1v) is 7.39. The molecule has 7 heteroatoms. The molecule has 2 heterocycles. The van der Waals surface area contributed by atoms with E-state index in [1.54, 1.807) is 6.07 Å². The van der Waals surface area contributed by atoms with Crippen LogP contribution in [0.2, 0.25) is 0 Å². The summed E-state index contributed by atoms with van der Waals surface area (Å²) in [7, 11) is 0. The fourth-order valence-corrected chi connectivity index (χ4v) is 2.41. The molecule has 1 unspecified atom stereocenters. The highest BCUT2D eigenvalue weighted by atomic mass is 19.1. The number of ether oxygens (including phenoxy) is 2. The van der Waals surface area contributed by atoms with E-state index >= 15 is 0 Å². The normalized spacial score (nSPS) is 19.5. The van der Waals surface area contributed by atoms with Crippen molar-refractivity contribution >= 4 is 11.6 Å². The van der Waals surface area contributed by atoms with Crippen molar-refractivity contribution < 1.29 is 28.6 Å². The fourth-order valence-electron chi connectivity index (χ4n) is 2.41.